The zero-order chi connectivity index (χ0) is 19.7. The van der Waals surface area contributed by atoms with Gasteiger partial charge in [-0.15, -0.1) is 11.3 Å². The Morgan fingerprint density at radius 2 is 1.82 bits per heavy atom. The van der Waals surface area contributed by atoms with Crippen LogP contribution in [0, 0.1) is 6.92 Å². The van der Waals surface area contributed by atoms with Crippen molar-refractivity contribution < 1.29 is 12.9 Å². The van der Waals surface area contributed by atoms with Crippen LogP contribution in [0.4, 0.5) is 0 Å². The Balaban J connectivity index is 1.37. The zero-order valence-corrected chi connectivity index (χ0v) is 17.6. The van der Waals surface area contributed by atoms with Gasteiger partial charge in [0.15, 0.2) is 0 Å². The predicted octanol–water partition coefficient (Wildman–Crippen LogP) is 3.27. The highest BCUT2D eigenvalue weighted by atomic mass is 35.5. The molecule has 28 heavy (non-hydrogen) atoms. The summed E-state index contributed by atoms with van der Waals surface area (Å²) in [5.74, 6) is 1.09. The van der Waals surface area contributed by atoms with Crippen molar-refractivity contribution in [2.24, 2.45) is 0 Å². The highest BCUT2D eigenvalue weighted by molar-refractivity contribution is 7.91. The monoisotopic (exact) mass is 438 g/mol. The van der Waals surface area contributed by atoms with E-state index < -0.39 is 10.0 Å². The fraction of sp³-hybridized carbons (Fsp3) is 0.333. The SMILES string of the molecule is Cc1ccc(-c2noc(CN3CCN(S(=O)(=O)c4ccc(Cl)s4)CC3)n2)cc1. The third-order valence-corrected chi connectivity index (χ3v) is 8.21. The van der Waals surface area contributed by atoms with Crippen LogP contribution in [0.25, 0.3) is 11.4 Å². The van der Waals surface area contributed by atoms with Gasteiger partial charge in [0.05, 0.1) is 10.9 Å². The summed E-state index contributed by atoms with van der Waals surface area (Å²) < 4.78 is 33.0. The van der Waals surface area contributed by atoms with Crippen LogP contribution in [0.2, 0.25) is 4.34 Å². The van der Waals surface area contributed by atoms with Gasteiger partial charge in [-0.25, -0.2) is 8.42 Å². The van der Waals surface area contributed by atoms with Gasteiger partial charge in [-0.05, 0) is 19.1 Å². The second-order valence-electron chi connectivity index (χ2n) is 6.62. The minimum Gasteiger partial charge on any atom is -0.338 e. The number of halogens is 1. The lowest BCUT2D eigenvalue weighted by atomic mass is 10.1. The molecule has 0 N–H and O–H groups in total. The molecule has 0 aliphatic carbocycles. The summed E-state index contributed by atoms with van der Waals surface area (Å²) in [4.78, 5) is 6.57. The smallest absolute Gasteiger partial charge is 0.252 e. The van der Waals surface area contributed by atoms with Crippen LogP contribution in [0.5, 0.6) is 0 Å². The first kappa shape index (κ1) is 19.5. The van der Waals surface area contributed by atoms with Gasteiger partial charge in [0.25, 0.3) is 10.0 Å². The first-order chi connectivity index (χ1) is 13.4. The van der Waals surface area contributed by atoms with Gasteiger partial charge in [0, 0.05) is 31.7 Å². The van der Waals surface area contributed by atoms with Gasteiger partial charge < -0.3 is 4.52 Å². The number of thiophene rings is 1. The van der Waals surface area contributed by atoms with E-state index in [-0.39, 0.29) is 4.21 Å². The van der Waals surface area contributed by atoms with Crippen LogP contribution < -0.4 is 0 Å². The van der Waals surface area contributed by atoms with E-state index in [1.54, 1.807) is 12.1 Å². The summed E-state index contributed by atoms with van der Waals surface area (Å²) in [5.41, 5.74) is 2.08. The summed E-state index contributed by atoms with van der Waals surface area (Å²) in [6.07, 6.45) is 0. The number of sulfonamides is 1. The van der Waals surface area contributed by atoms with Crippen LogP contribution in [0.3, 0.4) is 0 Å². The van der Waals surface area contributed by atoms with Crippen LogP contribution in [-0.2, 0) is 16.6 Å². The Hall–Kier alpha value is -1.78. The van der Waals surface area contributed by atoms with Gasteiger partial charge in [0.2, 0.25) is 11.7 Å². The Morgan fingerprint density at radius 3 is 2.46 bits per heavy atom. The normalized spacial score (nSPS) is 16.5. The summed E-state index contributed by atoms with van der Waals surface area (Å²) in [7, 11) is -3.48. The lowest BCUT2D eigenvalue weighted by Gasteiger charge is -2.32. The van der Waals surface area contributed by atoms with Crippen molar-refractivity contribution in [2.45, 2.75) is 17.7 Å². The van der Waals surface area contributed by atoms with Crippen molar-refractivity contribution in [3.05, 3.63) is 52.2 Å². The van der Waals surface area contributed by atoms with Crippen LogP contribution in [-0.4, -0.2) is 53.9 Å². The van der Waals surface area contributed by atoms with Crippen molar-refractivity contribution in [3.8, 4) is 11.4 Å². The maximum atomic E-state index is 12.7. The molecule has 0 bridgehead atoms. The minimum absolute atomic E-state index is 0.283. The first-order valence-electron chi connectivity index (χ1n) is 8.79. The molecular formula is C18H19ClN4O3S2. The van der Waals surface area contributed by atoms with E-state index in [2.05, 4.69) is 15.0 Å². The van der Waals surface area contributed by atoms with Crippen LogP contribution in [0.1, 0.15) is 11.5 Å². The molecule has 0 unspecified atom stereocenters. The molecule has 10 heteroatoms. The van der Waals surface area contributed by atoms with Gasteiger partial charge in [0.1, 0.15) is 4.21 Å². The number of aromatic nitrogens is 2. The number of hydrogen-bond acceptors (Lipinski definition) is 7. The van der Waals surface area contributed by atoms with E-state index in [0.717, 1.165) is 16.9 Å². The molecule has 4 rings (SSSR count). The highest BCUT2D eigenvalue weighted by Crippen LogP contribution is 2.28. The predicted molar refractivity (Wildman–Crippen MR) is 108 cm³/mol. The maximum Gasteiger partial charge on any atom is 0.252 e. The fourth-order valence-corrected chi connectivity index (χ4v) is 6.08. The molecule has 1 aliphatic heterocycles. The number of hydrogen-bond donors (Lipinski definition) is 0. The van der Waals surface area contributed by atoms with E-state index in [4.69, 9.17) is 16.1 Å². The molecule has 2 aromatic heterocycles. The highest BCUT2D eigenvalue weighted by Gasteiger charge is 2.30. The number of aryl methyl sites for hydroxylation is 1. The largest absolute Gasteiger partial charge is 0.338 e. The van der Waals surface area contributed by atoms with Crippen LogP contribution >= 0.6 is 22.9 Å². The average molecular weight is 439 g/mol. The number of rotatable bonds is 5. The van der Waals surface area contributed by atoms with Gasteiger partial charge >= 0.3 is 0 Å². The minimum atomic E-state index is -3.48. The molecular weight excluding hydrogens is 420 g/mol. The summed E-state index contributed by atoms with van der Waals surface area (Å²) in [5, 5.41) is 4.05. The Morgan fingerprint density at radius 1 is 1.11 bits per heavy atom. The third-order valence-electron chi connectivity index (χ3n) is 4.61. The third kappa shape index (κ3) is 4.13. The topological polar surface area (TPSA) is 79.5 Å². The molecule has 3 aromatic rings. The van der Waals surface area contributed by atoms with Crippen molar-refractivity contribution >= 4 is 33.0 Å². The molecule has 1 aromatic carbocycles. The molecule has 1 saturated heterocycles. The Kier molecular flexibility index (Phi) is 5.52. The van der Waals surface area contributed by atoms with Crippen molar-refractivity contribution in [1.82, 2.24) is 19.3 Å². The molecule has 0 amide bonds. The molecule has 0 spiro atoms. The van der Waals surface area contributed by atoms with Gasteiger partial charge in [-0.2, -0.15) is 9.29 Å². The van der Waals surface area contributed by atoms with E-state index in [0.29, 0.717) is 48.8 Å². The van der Waals surface area contributed by atoms with Crippen LogP contribution in [0.15, 0.2) is 45.1 Å². The first-order valence-corrected chi connectivity index (χ1v) is 11.4. The second kappa shape index (κ2) is 7.92. The van der Waals surface area contributed by atoms with E-state index >= 15 is 0 Å². The van der Waals surface area contributed by atoms with Crippen molar-refractivity contribution in [2.75, 3.05) is 26.2 Å². The fourth-order valence-electron chi connectivity index (χ4n) is 3.02. The maximum absolute atomic E-state index is 12.7. The van der Waals surface area contributed by atoms with E-state index in [9.17, 15) is 8.42 Å². The second-order valence-corrected chi connectivity index (χ2v) is 10.5. The lowest BCUT2D eigenvalue weighted by Crippen LogP contribution is -2.48. The molecule has 3 heterocycles. The molecule has 0 radical (unpaired) electrons. The van der Waals surface area contributed by atoms with Crippen molar-refractivity contribution in [3.63, 3.8) is 0 Å². The summed E-state index contributed by atoms with van der Waals surface area (Å²) in [6.45, 7) is 4.55. The molecule has 7 nitrogen and oxygen atoms in total. The van der Waals surface area contributed by atoms with Crippen molar-refractivity contribution in [1.29, 1.82) is 0 Å². The lowest BCUT2D eigenvalue weighted by molar-refractivity contribution is 0.163. The standard InChI is InChI=1S/C18H19ClN4O3S2/c1-13-2-4-14(5-3-13)18-20-16(26-21-18)12-22-8-10-23(11-9-22)28(24,25)17-7-6-15(19)27-17/h2-7H,8-12H2,1H3. The Bertz CT molecular complexity index is 1050. The summed E-state index contributed by atoms with van der Waals surface area (Å²) in [6, 6.07) is 11.1. The van der Waals surface area contributed by atoms with Gasteiger partial charge in [-0.1, -0.05) is 46.6 Å². The molecule has 148 valence electrons. The molecule has 0 atom stereocenters. The number of nitrogens with zero attached hydrogens (tertiary/aromatic N) is 4. The molecule has 1 aliphatic rings. The average Bonchev–Trinajstić information content (AvgIpc) is 3.32. The number of piperazine rings is 1. The summed E-state index contributed by atoms with van der Waals surface area (Å²) >= 11 is 6.96. The van der Waals surface area contributed by atoms with Gasteiger partial charge in [-0.3, -0.25) is 4.90 Å². The van der Waals surface area contributed by atoms with E-state index in [1.165, 1.54) is 9.87 Å². The number of benzene rings is 1. The Labute approximate surface area is 172 Å². The quantitative estimate of drug-likeness (QED) is 0.608. The zero-order valence-electron chi connectivity index (χ0n) is 15.2. The van der Waals surface area contributed by atoms with E-state index in [1.807, 2.05) is 31.2 Å². The molecule has 1 fully saturated rings. The molecule has 0 saturated carbocycles.